The molecule has 0 aliphatic heterocycles. The van der Waals surface area contributed by atoms with E-state index in [4.69, 9.17) is 10.5 Å². The summed E-state index contributed by atoms with van der Waals surface area (Å²) in [7, 11) is 0. The molecule has 1 aromatic rings. The first-order valence-corrected chi connectivity index (χ1v) is 7.77. The van der Waals surface area contributed by atoms with E-state index in [1.165, 1.54) is 0 Å². The molecule has 2 atom stereocenters. The van der Waals surface area contributed by atoms with Gasteiger partial charge in [-0.2, -0.15) is 0 Å². The molecule has 1 aromatic carbocycles. The van der Waals surface area contributed by atoms with Crippen molar-refractivity contribution >= 4 is 27.7 Å². The maximum absolute atomic E-state index is 11.5. The molecule has 0 heterocycles. The van der Waals surface area contributed by atoms with Gasteiger partial charge in [0.2, 0.25) is 0 Å². The molecule has 0 aromatic heterocycles. The Labute approximate surface area is 138 Å². The van der Waals surface area contributed by atoms with Gasteiger partial charge in [0.15, 0.2) is 0 Å². The minimum atomic E-state index is -1.06. The standard InChI is InChI=1S/C15H23BrN2O4/c1-15(2,3)22-14(21)18-7-6-12(19)13(20)9-4-5-11(17)10(16)8-9/h4-5,8,12-13,19-20H,6-7,17H2,1-3H3,(H,18,21). The number of nitrogens with two attached hydrogens (primary N) is 1. The van der Waals surface area contributed by atoms with Crippen LogP contribution in [0.3, 0.4) is 0 Å². The molecule has 0 saturated carbocycles. The fourth-order valence-electron chi connectivity index (χ4n) is 1.74. The summed E-state index contributed by atoms with van der Waals surface area (Å²) in [5.41, 5.74) is 6.21. The van der Waals surface area contributed by atoms with Gasteiger partial charge in [-0.05, 0) is 60.8 Å². The van der Waals surface area contributed by atoms with E-state index >= 15 is 0 Å². The third-order valence-electron chi connectivity index (χ3n) is 2.84. The largest absolute Gasteiger partial charge is 0.444 e. The van der Waals surface area contributed by atoms with Crippen molar-refractivity contribution in [3.05, 3.63) is 28.2 Å². The van der Waals surface area contributed by atoms with Crippen molar-refractivity contribution in [1.29, 1.82) is 0 Å². The predicted octanol–water partition coefficient (Wildman–Crippen LogP) is 2.34. The normalized spacial score (nSPS) is 14.3. The highest BCUT2D eigenvalue weighted by atomic mass is 79.9. The van der Waals surface area contributed by atoms with Crippen molar-refractivity contribution in [2.45, 2.75) is 45.0 Å². The number of aliphatic hydroxyl groups excluding tert-OH is 2. The number of hydrogen-bond acceptors (Lipinski definition) is 5. The van der Waals surface area contributed by atoms with Gasteiger partial charge in [-0.1, -0.05) is 6.07 Å². The molecule has 6 nitrogen and oxygen atoms in total. The minimum Gasteiger partial charge on any atom is -0.444 e. The van der Waals surface area contributed by atoms with E-state index in [9.17, 15) is 15.0 Å². The van der Waals surface area contributed by atoms with E-state index in [1.807, 2.05) is 0 Å². The minimum absolute atomic E-state index is 0.197. The molecule has 0 spiro atoms. The number of amides is 1. The first kappa shape index (κ1) is 18.7. The van der Waals surface area contributed by atoms with Crippen LogP contribution in [-0.2, 0) is 4.74 Å². The highest BCUT2D eigenvalue weighted by Gasteiger charge is 2.20. The molecule has 1 rings (SSSR count). The van der Waals surface area contributed by atoms with E-state index in [0.29, 0.717) is 15.7 Å². The van der Waals surface area contributed by atoms with Crippen molar-refractivity contribution in [3.8, 4) is 0 Å². The number of halogens is 1. The van der Waals surface area contributed by atoms with Gasteiger partial charge in [0, 0.05) is 16.7 Å². The first-order chi connectivity index (χ1) is 10.1. The van der Waals surface area contributed by atoms with Crippen LogP contribution in [0.1, 0.15) is 38.9 Å². The van der Waals surface area contributed by atoms with E-state index in [0.717, 1.165) is 0 Å². The quantitative estimate of drug-likeness (QED) is 0.592. The summed E-state index contributed by atoms with van der Waals surface area (Å²) in [4.78, 5) is 11.5. The number of anilines is 1. The summed E-state index contributed by atoms with van der Waals surface area (Å²) in [5, 5.41) is 22.6. The Morgan fingerprint density at radius 1 is 1.41 bits per heavy atom. The van der Waals surface area contributed by atoms with Crippen LogP contribution in [0.5, 0.6) is 0 Å². The number of nitrogens with one attached hydrogen (secondary N) is 1. The molecule has 0 saturated heterocycles. The number of benzene rings is 1. The number of hydrogen-bond donors (Lipinski definition) is 4. The number of alkyl carbamates (subject to hydrolysis) is 1. The Kier molecular flexibility index (Phi) is 6.65. The summed E-state index contributed by atoms with van der Waals surface area (Å²) in [5.74, 6) is 0. The lowest BCUT2D eigenvalue weighted by Crippen LogP contribution is -2.34. The second-order valence-electron chi connectivity index (χ2n) is 6.01. The topological polar surface area (TPSA) is 105 Å². The number of carbonyl (C=O) groups is 1. The van der Waals surface area contributed by atoms with Crippen molar-refractivity contribution in [3.63, 3.8) is 0 Å². The third-order valence-corrected chi connectivity index (χ3v) is 3.53. The summed E-state index contributed by atoms with van der Waals surface area (Å²) in [6.45, 7) is 5.50. The van der Waals surface area contributed by atoms with Crippen LogP contribution in [0.25, 0.3) is 0 Å². The van der Waals surface area contributed by atoms with E-state index in [-0.39, 0.29) is 13.0 Å². The number of rotatable bonds is 5. The molecule has 7 heteroatoms. The van der Waals surface area contributed by atoms with Gasteiger partial charge < -0.3 is 26.0 Å². The molecule has 0 radical (unpaired) electrons. The number of ether oxygens (including phenoxy) is 1. The van der Waals surface area contributed by atoms with E-state index < -0.39 is 23.9 Å². The molecule has 0 aliphatic carbocycles. The summed E-state index contributed by atoms with van der Waals surface area (Å²) in [6, 6.07) is 4.95. The maximum atomic E-state index is 11.5. The molecule has 0 aliphatic rings. The molecule has 0 fully saturated rings. The van der Waals surface area contributed by atoms with Crippen molar-refractivity contribution in [2.75, 3.05) is 12.3 Å². The lowest BCUT2D eigenvalue weighted by Gasteiger charge is -2.21. The molecule has 22 heavy (non-hydrogen) atoms. The summed E-state index contributed by atoms with van der Waals surface area (Å²) >= 11 is 3.27. The summed E-state index contributed by atoms with van der Waals surface area (Å²) in [6.07, 6.45) is -2.42. The molecular formula is C15H23BrN2O4. The zero-order valence-corrected chi connectivity index (χ0v) is 14.6. The van der Waals surface area contributed by atoms with Gasteiger partial charge in [0.05, 0.1) is 6.10 Å². The Hall–Kier alpha value is -1.31. The smallest absolute Gasteiger partial charge is 0.407 e. The second kappa shape index (κ2) is 7.80. The Balaban J connectivity index is 2.46. The van der Waals surface area contributed by atoms with Gasteiger partial charge in [0.1, 0.15) is 11.7 Å². The summed E-state index contributed by atoms with van der Waals surface area (Å²) < 4.78 is 5.73. The highest BCUT2D eigenvalue weighted by molar-refractivity contribution is 9.10. The molecule has 1 amide bonds. The molecule has 0 bridgehead atoms. The number of carbonyl (C=O) groups excluding carboxylic acids is 1. The van der Waals surface area contributed by atoms with Crippen LogP contribution in [0.15, 0.2) is 22.7 Å². The Morgan fingerprint density at radius 3 is 2.59 bits per heavy atom. The number of nitrogen functional groups attached to an aromatic ring is 1. The zero-order valence-electron chi connectivity index (χ0n) is 13.0. The maximum Gasteiger partial charge on any atom is 0.407 e. The van der Waals surface area contributed by atoms with Gasteiger partial charge >= 0.3 is 6.09 Å². The van der Waals surface area contributed by atoms with Crippen LogP contribution in [0.2, 0.25) is 0 Å². The molecule has 2 unspecified atom stereocenters. The van der Waals surface area contributed by atoms with Crippen molar-refractivity contribution in [1.82, 2.24) is 5.32 Å². The average molecular weight is 375 g/mol. The lowest BCUT2D eigenvalue weighted by molar-refractivity contribution is 0.0123. The second-order valence-corrected chi connectivity index (χ2v) is 6.86. The molecule has 5 N–H and O–H groups in total. The average Bonchev–Trinajstić information content (AvgIpc) is 2.38. The third kappa shape index (κ3) is 6.21. The first-order valence-electron chi connectivity index (χ1n) is 6.98. The van der Waals surface area contributed by atoms with Crippen molar-refractivity contribution in [2.24, 2.45) is 0 Å². The van der Waals surface area contributed by atoms with Gasteiger partial charge in [-0.15, -0.1) is 0 Å². The fourth-order valence-corrected chi connectivity index (χ4v) is 2.14. The molecular weight excluding hydrogens is 352 g/mol. The van der Waals surface area contributed by atoms with Crippen molar-refractivity contribution < 1.29 is 19.7 Å². The zero-order chi connectivity index (χ0) is 16.9. The highest BCUT2D eigenvalue weighted by Crippen LogP contribution is 2.26. The fraction of sp³-hybridized carbons (Fsp3) is 0.533. The monoisotopic (exact) mass is 374 g/mol. The predicted molar refractivity (Wildman–Crippen MR) is 88.4 cm³/mol. The lowest BCUT2D eigenvalue weighted by atomic mass is 10.0. The number of aliphatic hydroxyl groups is 2. The van der Waals surface area contributed by atoms with E-state index in [2.05, 4.69) is 21.2 Å². The SMILES string of the molecule is CC(C)(C)OC(=O)NCCC(O)C(O)c1ccc(N)c(Br)c1. The van der Waals surface area contributed by atoms with Crippen LogP contribution in [0.4, 0.5) is 10.5 Å². The van der Waals surface area contributed by atoms with Crippen LogP contribution < -0.4 is 11.1 Å². The Morgan fingerprint density at radius 2 is 2.05 bits per heavy atom. The van der Waals surface area contributed by atoms with Crippen LogP contribution in [0, 0.1) is 0 Å². The van der Waals surface area contributed by atoms with Crippen LogP contribution >= 0.6 is 15.9 Å². The van der Waals surface area contributed by atoms with Gasteiger partial charge in [0.25, 0.3) is 0 Å². The van der Waals surface area contributed by atoms with Crippen LogP contribution in [-0.4, -0.2) is 34.6 Å². The van der Waals surface area contributed by atoms with Gasteiger partial charge in [-0.3, -0.25) is 0 Å². The van der Waals surface area contributed by atoms with Gasteiger partial charge in [-0.25, -0.2) is 4.79 Å². The van der Waals surface area contributed by atoms with E-state index in [1.54, 1.807) is 39.0 Å². The Bertz CT molecular complexity index is 517. The molecule has 124 valence electrons.